The number of amides is 1. The van der Waals surface area contributed by atoms with Gasteiger partial charge in [-0.2, -0.15) is 0 Å². The van der Waals surface area contributed by atoms with Crippen LogP contribution in [0, 0.1) is 0 Å². The molecule has 0 aromatic heterocycles. The first-order valence-corrected chi connectivity index (χ1v) is 8.13. The molecule has 0 spiro atoms. The maximum Gasteiger partial charge on any atom is 0.573 e. The van der Waals surface area contributed by atoms with Gasteiger partial charge >= 0.3 is 12.3 Å². The first-order chi connectivity index (χ1) is 12.5. The van der Waals surface area contributed by atoms with Crippen molar-refractivity contribution in [2.24, 2.45) is 0 Å². The molecule has 0 unspecified atom stereocenters. The van der Waals surface area contributed by atoms with Gasteiger partial charge in [0.15, 0.2) is 6.10 Å². The SMILES string of the molecule is C[C@@H](OC(=O)c1ccc(OC(F)(F)F)cc1)C(=O)Nc1ccc(Cl)cc1Cl. The van der Waals surface area contributed by atoms with Crippen molar-refractivity contribution in [1.82, 2.24) is 0 Å². The number of benzene rings is 2. The molecule has 0 fully saturated rings. The molecule has 1 atom stereocenters. The van der Waals surface area contributed by atoms with E-state index in [4.69, 9.17) is 27.9 Å². The first-order valence-electron chi connectivity index (χ1n) is 7.38. The van der Waals surface area contributed by atoms with Crippen LogP contribution in [0.5, 0.6) is 5.75 Å². The average Bonchev–Trinajstić information content (AvgIpc) is 2.56. The van der Waals surface area contributed by atoms with Crippen LogP contribution in [0.1, 0.15) is 17.3 Å². The number of hydrogen-bond acceptors (Lipinski definition) is 4. The largest absolute Gasteiger partial charge is 0.573 e. The van der Waals surface area contributed by atoms with Gasteiger partial charge in [0.05, 0.1) is 16.3 Å². The summed E-state index contributed by atoms with van der Waals surface area (Å²) in [5.41, 5.74) is 0.233. The van der Waals surface area contributed by atoms with Crippen LogP contribution in [0.2, 0.25) is 10.0 Å². The Bertz CT molecular complexity index is 841. The maximum absolute atomic E-state index is 12.1. The van der Waals surface area contributed by atoms with Crippen molar-refractivity contribution in [3.63, 3.8) is 0 Å². The minimum Gasteiger partial charge on any atom is -0.449 e. The first kappa shape index (κ1) is 20.9. The second-order valence-corrected chi connectivity index (χ2v) is 6.08. The van der Waals surface area contributed by atoms with Gasteiger partial charge in [0, 0.05) is 5.02 Å². The fourth-order valence-corrected chi connectivity index (χ4v) is 2.36. The Morgan fingerprint density at radius 2 is 1.70 bits per heavy atom. The van der Waals surface area contributed by atoms with E-state index >= 15 is 0 Å². The van der Waals surface area contributed by atoms with Gasteiger partial charge in [-0.1, -0.05) is 23.2 Å². The summed E-state index contributed by atoms with van der Waals surface area (Å²) < 4.78 is 45.0. The third kappa shape index (κ3) is 6.33. The number of anilines is 1. The number of hydrogen-bond donors (Lipinski definition) is 1. The molecule has 0 aliphatic carbocycles. The molecule has 2 aromatic rings. The summed E-state index contributed by atoms with van der Waals surface area (Å²) in [6.07, 6.45) is -6.02. The third-order valence-corrected chi connectivity index (χ3v) is 3.71. The van der Waals surface area contributed by atoms with Crippen LogP contribution < -0.4 is 10.1 Å². The highest BCUT2D eigenvalue weighted by molar-refractivity contribution is 6.36. The summed E-state index contributed by atoms with van der Waals surface area (Å²) in [6, 6.07) is 8.53. The predicted octanol–water partition coefficient (Wildman–Crippen LogP) is 5.08. The van der Waals surface area contributed by atoms with E-state index in [2.05, 4.69) is 10.1 Å². The van der Waals surface area contributed by atoms with Gasteiger partial charge in [-0.3, -0.25) is 4.79 Å². The predicted molar refractivity (Wildman–Crippen MR) is 93.1 cm³/mol. The molecule has 0 radical (unpaired) electrons. The van der Waals surface area contributed by atoms with Gasteiger partial charge in [-0.15, -0.1) is 13.2 Å². The fourth-order valence-electron chi connectivity index (χ4n) is 1.90. The summed E-state index contributed by atoms with van der Waals surface area (Å²) in [5.74, 6) is -2.02. The lowest BCUT2D eigenvalue weighted by Crippen LogP contribution is -2.30. The molecule has 27 heavy (non-hydrogen) atoms. The van der Waals surface area contributed by atoms with Crippen molar-refractivity contribution < 1.29 is 32.2 Å². The Morgan fingerprint density at radius 1 is 1.07 bits per heavy atom. The van der Waals surface area contributed by atoms with Crippen LogP contribution in [-0.2, 0) is 9.53 Å². The second-order valence-electron chi connectivity index (χ2n) is 5.23. The van der Waals surface area contributed by atoms with Crippen molar-refractivity contribution in [2.45, 2.75) is 19.4 Å². The Labute approximate surface area is 162 Å². The second kappa shape index (κ2) is 8.49. The third-order valence-electron chi connectivity index (χ3n) is 3.17. The van der Waals surface area contributed by atoms with Crippen molar-refractivity contribution in [3.8, 4) is 5.75 Å². The molecule has 0 saturated carbocycles. The summed E-state index contributed by atoms with van der Waals surface area (Å²) in [7, 11) is 0. The van der Waals surface area contributed by atoms with Crippen molar-refractivity contribution >= 4 is 40.8 Å². The number of carbonyl (C=O) groups excluding carboxylic acids is 2. The van der Waals surface area contributed by atoms with Crippen LogP contribution >= 0.6 is 23.2 Å². The van der Waals surface area contributed by atoms with Crippen LogP contribution in [0.4, 0.5) is 18.9 Å². The summed E-state index contributed by atoms with van der Waals surface area (Å²) in [6.45, 7) is 1.33. The van der Waals surface area contributed by atoms with Crippen LogP contribution in [0.3, 0.4) is 0 Å². The molecular formula is C17H12Cl2F3NO4. The van der Waals surface area contributed by atoms with Gasteiger partial charge < -0.3 is 14.8 Å². The number of ether oxygens (including phenoxy) is 2. The van der Waals surface area contributed by atoms with Crippen LogP contribution in [-0.4, -0.2) is 24.3 Å². The van der Waals surface area contributed by atoms with E-state index in [0.717, 1.165) is 24.3 Å². The molecule has 0 saturated heterocycles. The van der Waals surface area contributed by atoms with Gasteiger partial charge in [0.25, 0.3) is 5.91 Å². The van der Waals surface area contributed by atoms with Crippen molar-refractivity contribution in [2.75, 3.05) is 5.32 Å². The van der Waals surface area contributed by atoms with Gasteiger partial charge in [0.1, 0.15) is 5.75 Å². The molecule has 0 aliphatic rings. The molecule has 0 heterocycles. The molecule has 0 aliphatic heterocycles. The van der Waals surface area contributed by atoms with Crippen molar-refractivity contribution in [1.29, 1.82) is 0 Å². The number of rotatable bonds is 5. The number of esters is 1. The minimum absolute atomic E-state index is 0.0475. The molecule has 1 amide bonds. The lowest BCUT2D eigenvalue weighted by Gasteiger charge is -2.14. The minimum atomic E-state index is -4.84. The Kier molecular flexibility index (Phi) is 6.56. The van der Waals surface area contributed by atoms with E-state index in [1.807, 2.05) is 0 Å². The molecule has 0 bridgehead atoms. The molecule has 144 valence electrons. The normalized spacial score (nSPS) is 12.2. The molecule has 5 nitrogen and oxygen atoms in total. The highest BCUT2D eigenvalue weighted by Crippen LogP contribution is 2.26. The zero-order valence-electron chi connectivity index (χ0n) is 13.6. The molecule has 10 heteroatoms. The van der Waals surface area contributed by atoms with Crippen molar-refractivity contribution in [3.05, 3.63) is 58.1 Å². The highest BCUT2D eigenvalue weighted by atomic mass is 35.5. The molecular weight excluding hydrogens is 410 g/mol. The fraction of sp³-hybridized carbons (Fsp3) is 0.176. The van der Waals surface area contributed by atoms with E-state index in [1.165, 1.54) is 25.1 Å². The van der Waals surface area contributed by atoms with E-state index in [9.17, 15) is 22.8 Å². The van der Waals surface area contributed by atoms with E-state index < -0.39 is 30.1 Å². The summed E-state index contributed by atoms with van der Waals surface area (Å²) in [4.78, 5) is 24.1. The summed E-state index contributed by atoms with van der Waals surface area (Å²) >= 11 is 11.7. The Morgan fingerprint density at radius 3 is 2.26 bits per heavy atom. The number of nitrogens with one attached hydrogen (secondary N) is 1. The quantitative estimate of drug-likeness (QED) is 0.683. The Hall–Kier alpha value is -2.45. The van der Waals surface area contributed by atoms with E-state index in [-0.39, 0.29) is 16.3 Å². The zero-order chi connectivity index (χ0) is 20.2. The number of carbonyl (C=O) groups is 2. The van der Waals surface area contributed by atoms with Gasteiger partial charge in [-0.25, -0.2) is 4.79 Å². The zero-order valence-corrected chi connectivity index (χ0v) is 15.2. The lowest BCUT2D eigenvalue weighted by atomic mass is 10.2. The smallest absolute Gasteiger partial charge is 0.449 e. The summed E-state index contributed by atoms with van der Waals surface area (Å²) in [5, 5.41) is 3.07. The molecule has 1 N–H and O–H groups in total. The van der Waals surface area contributed by atoms with E-state index in [0.29, 0.717) is 5.02 Å². The Balaban J connectivity index is 1.97. The lowest BCUT2D eigenvalue weighted by molar-refractivity contribution is -0.274. The topological polar surface area (TPSA) is 64.6 Å². The van der Waals surface area contributed by atoms with E-state index in [1.54, 1.807) is 0 Å². The molecule has 2 rings (SSSR count). The van der Waals surface area contributed by atoms with Gasteiger partial charge in [0.2, 0.25) is 0 Å². The standard InChI is InChI=1S/C17H12Cl2F3NO4/c1-9(15(24)23-14-7-4-11(18)8-13(14)19)26-16(25)10-2-5-12(6-3-10)27-17(20,21)22/h2-9H,1H3,(H,23,24)/t9-/m1/s1. The number of halogens is 5. The number of alkyl halides is 3. The maximum atomic E-state index is 12.1. The van der Waals surface area contributed by atoms with Crippen LogP contribution in [0.15, 0.2) is 42.5 Å². The average molecular weight is 422 g/mol. The van der Waals surface area contributed by atoms with Gasteiger partial charge in [-0.05, 0) is 49.4 Å². The molecule has 2 aromatic carbocycles. The van der Waals surface area contributed by atoms with Crippen LogP contribution in [0.25, 0.3) is 0 Å². The highest BCUT2D eigenvalue weighted by Gasteiger charge is 2.31. The monoisotopic (exact) mass is 421 g/mol.